The Kier molecular flexibility index (Phi) is 4.51. The van der Waals surface area contributed by atoms with Crippen LogP contribution in [0.25, 0.3) is 0 Å². The molecule has 0 aromatic heterocycles. The standard InChI is InChI=1S/C13H7BrF2INO/c14-9-6-8(17)2-4-12(9)18-13(19)7-1-3-10(15)11(16)5-7/h1-6H,(H,18,19). The van der Waals surface area contributed by atoms with E-state index in [1.165, 1.54) is 6.07 Å². The highest BCUT2D eigenvalue weighted by Crippen LogP contribution is 2.25. The predicted octanol–water partition coefficient (Wildman–Crippen LogP) is 4.58. The molecule has 0 aliphatic rings. The number of carbonyl (C=O) groups excluding carboxylic acids is 1. The molecule has 2 aromatic carbocycles. The minimum atomic E-state index is -1.05. The van der Waals surface area contributed by atoms with Crippen molar-refractivity contribution < 1.29 is 13.6 Å². The maximum Gasteiger partial charge on any atom is 0.255 e. The molecule has 2 nitrogen and oxygen atoms in total. The van der Waals surface area contributed by atoms with E-state index in [4.69, 9.17) is 0 Å². The lowest BCUT2D eigenvalue weighted by Gasteiger charge is -2.08. The molecule has 6 heteroatoms. The highest BCUT2D eigenvalue weighted by atomic mass is 127. The summed E-state index contributed by atoms with van der Waals surface area (Å²) in [5.41, 5.74) is 0.625. The molecule has 1 amide bonds. The molecule has 0 spiro atoms. The van der Waals surface area contributed by atoms with Gasteiger partial charge in [0.2, 0.25) is 0 Å². The van der Waals surface area contributed by atoms with E-state index in [0.29, 0.717) is 5.69 Å². The third-order valence-corrected chi connectivity index (χ3v) is 3.69. The third-order valence-electron chi connectivity index (χ3n) is 2.36. The van der Waals surface area contributed by atoms with Gasteiger partial charge in [0.1, 0.15) is 0 Å². The van der Waals surface area contributed by atoms with Crippen LogP contribution >= 0.6 is 38.5 Å². The Balaban J connectivity index is 2.23. The van der Waals surface area contributed by atoms with Gasteiger partial charge in [0.05, 0.1) is 5.69 Å². The summed E-state index contributed by atoms with van der Waals surface area (Å²) in [6.07, 6.45) is 0. The quantitative estimate of drug-likeness (QED) is 0.684. The Bertz CT molecular complexity index is 649. The van der Waals surface area contributed by atoms with Crippen LogP contribution in [0.2, 0.25) is 0 Å². The van der Waals surface area contributed by atoms with Crippen molar-refractivity contribution in [2.75, 3.05) is 5.32 Å². The van der Waals surface area contributed by atoms with Gasteiger partial charge in [0, 0.05) is 13.6 Å². The first-order chi connectivity index (χ1) is 8.97. The Morgan fingerprint density at radius 3 is 2.47 bits per heavy atom. The monoisotopic (exact) mass is 437 g/mol. The molecule has 0 atom stereocenters. The summed E-state index contributed by atoms with van der Waals surface area (Å²) in [4.78, 5) is 11.9. The van der Waals surface area contributed by atoms with Crippen LogP contribution in [-0.4, -0.2) is 5.91 Å². The third kappa shape index (κ3) is 3.50. The van der Waals surface area contributed by atoms with Crippen molar-refractivity contribution in [3.8, 4) is 0 Å². The molecule has 2 aromatic rings. The van der Waals surface area contributed by atoms with Crippen molar-refractivity contribution in [1.29, 1.82) is 0 Å². The summed E-state index contributed by atoms with van der Waals surface area (Å²) in [6, 6.07) is 8.41. The zero-order valence-electron chi connectivity index (χ0n) is 9.38. The van der Waals surface area contributed by atoms with Gasteiger partial charge in [-0.05, 0) is 74.9 Å². The minimum Gasteiger partial charge on any atom is -0.321 e. The number of anilines is 1. The van der Waals surface area contributed by atoms with Crippen LogP contribution in [0, 0.1) is 15.2 Å². The average molecular weight is 438 g/mol. The SMILES string of the molecule is O=C(Nc1ccc(I)cc1Br)c1ccc(F)c(F)c1. The number of halogens is 4. The van der Waals surface area contributed by atoms with Crippen LogP contribution in [0.4, 0.5) is 14.5 Å². The zero-order valence-corrected chi connectivity index (χ0v) is 13.1. The fourth-order valence-corrected chi connectivity index (χ4v) is 2.82. The summed E-state index contributed by atoms with van der Waals surface area (Å²) in [6.45, 7) is 0. The second-order valence-electron chi connectivity index (χ2n) is 3.71. The molecule has 0 unspecified atom stereocenters. The number of amides is 1. The Hall–Kier alpha value is -1.02. The lowest BCUT2D eigenvalue weighted by Crippen LogP contribution is -2.12. The lowest BCUT2D eigenvalue weighted by molar-refractivity contribution is 0.102. The van der Waals surface area contributed by atoms with Gasteiger partial charge in [-0.25, -0.2) is 8.78 Å². The minimum absolute atomic E-state index is 0.0596. The molecular formula is C13H7BrF2INO. The van der Waals surface area contributed by atoms with Crippen LogP contribution in [0.5, 0.6) is 0 Å². The van der Waals surface area contributed by atoms with Crippen molar-refractivity contribution in [2.24, 2.45) is 0 Å². The molecule has 0 radical (unpaired) electrons. The van der Waals surface area contributed by atoms with Gasteiger partial charge in [0.25, 0.3) is 5.91 Å². The van der Waals surface area contributed by atoms with Crippen LogP contribution < -0.4 is 5.32 Å². The van der Waals surface area contributed by atoms with Crippen molar-refractivity contribution in [2.45, 2.75) is 0 Å². The molecule has 19 heavy (non-hydrogen) atoms. The second kappa shape index (κ2) is 5.96. The molecule has 2 rings (SSSR count). The van der Waals surface area contributed by atoms with Gasteiger partial charge in [-0.3, -0.25) is 4.79 Å². The summed E-state index contributed by atoms with van der Waals surface area (Å²) in [5.74, 6) is -2.53. The molecule has 98 valence electrons. The highest BCUT2D eigenvalue weighted by Gasteiger charge is 2.11. The smallest absolute Gasteiger partial charge is 0.255 e. The van der Waals surface area contributed by atoms with E-state index in [-0.39, 0.29) is 5.56 Å². The average Bonchev–Trinajstić information content (AvgIpc) is 2.36. The highest BCUT2D eigenvalue weighted by molar-refractivity contribution is 14.1. The van der Waals surface area contributed by atoms with Crippen LogP contribution in [-0.2, 0) is 0 Å². The maximum atomic E-state index is 13.0. The second-order valence-corrected chi connectivity index (χ2v) is 5.81. The first-order valence-electron chi connectivity index (χ1n) is 5.19. The molecule has 0 bridgehead atoms. The van der Waals surface area contributed by atoms with E-state index in [9.17, 15) is 13.6 Å². The predicted molar refractivity (Wildman–Crippen MR) is 81.2 cm³/mol. The molecular weight excluding hydrogens is 431 g/mol. The van der Waals surface area contributed by atoms with Gasteiger partial charge in [-0.2, -0.15) is 0 Å². The molecule has 0 fully saturated rings. The normalized spacial score (nSPS) is 10.3. The van der Waals surface area contributed by atoms with Crippen LogP contribution in [0.1, 0.15) is 10.4 Å². The lowest BCUT2D eigenvalue weighted by atomic mass is 10.2. The number of rotatable bonds is 2. The van der Waals surface area contributed by atoms with Gasteiger partial charge in [-0.1, -0.05) is 0 Å². The van der Waals surface area contributed by atoms with Gasteiger partial charge >= 0.3 is 0 Å². The van der Waals surface area contributed by atoms with Crippen molar-refractivity contribution in [3.05, 3.63) is 61.6 Å². The fourth-order valence-electron chi connectivity index (χ4n) is 1.42. The molecule has 0 saturated carbocycles. The fraction of sp³-hybridized carbons (Fsp3) is 0. The van der Waals surface area contributed by atoms with Crippen LogP contribution in [0.15, 0.2) is 40.9 Å². The Morgan fingerprint density at radius 2 is 1.84 bits per heavy atom. The van der Waals surface area contributed by atoms with Gasteiger partial charge < -0.3 is 5.32 Å². The van der Waals surface area contributed by atoms with E-state index in [1.807, 2.05) is 12.1 Å². The number of carbonyl (C=O) groups is 1. The maximum absolute atomic E-state index is 13.0. The van der Waals surface area contributed by atoms with E-state index < -0.39 is 17.5 Å². The number of hydrogen-bond acceptors (Lipinski definition) is 1. The number of benzene rings is 2. The molecule has 0 aliphatic heterocycles. The molecule has 1 N–H and O–H groups in total. The molecule has 0 saturated heterocycles. The largest absolute Gasteiger partial charge is 0.321 e. The van der Waals surface area contributed by atoms with Crippen molar-refractivity contribution >= 4 is 50.1 Å². The number of hydrogen-bond donors (Lipinski definition) is 1. The van der Waals surface area contributed by atoms with Gasteiger partial charge in [0.15, 0.2) is 11.6 Å². The van der Waals surface area contributed by atoms with E-state index >= 15 is 0 Å². The zero-order chi connectivity index (χ0) is 14.0. The molecule has 0 heterocycles. The van der Waals surface area contributed by atoms with E-state index in [2.05, 4.69) is 43.8 Å². The van der Waals surface area contributed by atoms with E-state index in [1.54, 1.807) is 6.07 Å². The first kappa shape index (κ1) is 14.4. The molecule has 0 aliphatic carbocycles. The Morgan fingerprint density at radius 1 is 1.11 bits per heavy atom. The van der Waals surface area contributed by atoms with E-state index in [0.717, 1.165) is 20.2 Å². The summed E-state index contributed by atoms with van der Waals surface area (Å²) in [5, 5.41) is 2.62. The summed E-state index contributed by atoms with van der Waals surface area (Å²) < 4.78 is 27.6. The van der Waals surface area contributed by atoms with Crippen molar-refractivity contribution in [3.63, 3.8) is 0 Å². The Labute approximate surface area is 130 Å². The number of nitrogens with one attached hydrogen (secondary N) is 1. The van der Waals surface area contributed by atoms with Gasteiger partial charge in [-0.15, -0.1) is 0 Å². The van der Waals surface area contributed by atoms with Crippen LogP contribution in [0.3, 0.4) is 0 Å². The summed E-state index contributed by atoms with van der Waals surface area (Å²) >= 11 is 5.46. The summed E-state index contributed by atoms with van der Waals surface area (Å²) in [7, 11) is 0. The topological polar surface area (TPSA) is 29.1 Å². The van der Waals surface area contributed by atoms with Crippen molar-refractivity contribution in [1.82, 2.24) is 0 Å². The first-order valence-corrected chi connectivity index (χ1v) is 7.06.